The van der Waals surface area contributed by atoms with Crippen LogP contribution in [0.5, 0.6) is 0 Å². The molecule has 94 valence electrons. The maximum Gasteiger partial charge on any atom is 0.0678 e. The van der Waals surface area contributed by atoms with Crippen molar-refractivity contribution in [2.45, 2.75) is 57.8 Å². The number of nitrogens with zero attached hydrogens (tertiary/aromatic N) is 1. The van der Waals surface area contributed by atoms with Crippen LogP contribution in [0.25, 0.3) is 0 Å². The molecule has 0 radical (unpaired) electrons. The maximum atomic E-state index is 5.73. The van der Waals surface area contributed by atoms with Gasteiger partial charge in [-0.25, -0.2) is 0 Å². The van der Waals surface area contributed by atoms with E-state index in [9.17, 15) is 0 Å². The van der Waals surface area contributed by atoms with Crippen LogP contribution in [0.15, 0.2) is 0 Å². The first-order chi connectivity index (χ1) is 7.74. The molecule has 1 saturated heterocycles. The van der Waals surface area contributed by atoms with Crippen molar-refractivity contribution in [3.8, 4) is 0 Å². The molecule has 0 aromatic heterocycles. The second-order valence-corrected chi connectivity index (χ2v) is 5.45. The first-order valence-electron chi connectivity index (χ1n) is 6.85. The van der Waals surface area contributed by atoms with Crippen LogP contribution in [0, 0.1) is 0 Å². The minimum Gasteiger partial charge on any atom is -0.373 e. The van der Waals surface area contributed by atoms with E-state index in [0.29, 0.717) is 12.2 Å². The number of hydrogen-bond acceptors (Lipinski definition) is 3. The highest BCUT2D eigenvalue weighted by Gasteiger charge is 2.22. The zero-order valence-corrected chi connectivity index (χ0v) is 10.7. The summed E-state index contributed by atoms with van der Waals surface area (Å²) in [6, 6.07) is 0.864. The highest BCUT2D eigenvalue weighted by atomic mass is 16.5. The van der Waals surface area contributed by atoms with E-state index in [1.54, 1.807) is 0 Å². The lowest BCUT2D eigenvalue weighted by atomic mass is 10.2. The van der Waals surface area contributed by atoms with Crippen LogP contribution in [-0.4, -0.2) is 49.3 Å². The van der Waals surface area contributed by atoms with Gasteiger partial charge in [0.25, 0.3) is 0 Å². The molecule has 0 aromatic rings. The Hall–Kier alpha value is -0.120. The largest absolute Gasteiger partial charge is 0.373 e. The minimum atomic E-state index is 0.410. The summed E-state index contributed by atoms with van der Waals surface area (Å²) < 4.78 is 5.73. The quantitative estimate of drug-likeness (QED) is 0.697. The van der Waals surface area contributed by atoms with Gasteiger partial charge in [-0.05, 0) is 52.6 Å². The molecule has 1 aliphatic heterocycles. The van der Waals surface area contributed by atoms with Crippen LogP contribution in [0.4, 0.5) is 0 Å². The smallest absolute Gasteiger partial charge is 0.0678 e. The molecular weight excluding hydrogens is 200 g/mol. The summed E-state index contributed by atoms with van der Waals surface area (Å²) in [6.07, 6.45) is 6.26. The van der Waals surface area contributed by atoms with Crippen molar-refractivity contribution < 1.29 is 4.74 Å². The van der Waals surface area contributed by atoms with Gasteiger partial charge in [0.2, 0.25) is 0 Å². The Morgan fingerprint density at radius 2 is 1.81 bits per heavy atom. The molecule has 0 aromatic carbocycles. The van der Waals surface area contributed by atoms with Gasteiger partial charge in [0.1, 0.15) is 0 Å². The van der Waals surface area contributed by atoms with Gasteiger partial charge in [0, 0.05) is 19.1 Å². The van der Waals surface area contributed by atoms with Crippen LogP contribution >= 0.6 is 0 Å². The van der Waals surface area contributed by atoms with Crippen molar-refractivity contribution in [3.05, 3.63) is 0 Å². The van der Waals surface area contributed by atoms with Crippen molar-refractivity contribution in [2.24, 2.45) is 0 Å². The van der Waals surface area contributed by atoms with E-state index in [0.717, 1.165) is 19.1 Å². The van der Waals surface area contributed by atoms with E-state index in [1.165, 1.54) is 38.8 Å². The molecule has 3 nitrogen and oxygen atoms in total. The van der Waals surface area contributed by atoms with E-state index < -0.39 is 0 Å². The number of morpholine rings is 1. The van der Waals surface area contributed by atoms with Gasteiger partial charge in [0.15, 0.2) is 0 Å². The average molecular weight is 226 g/mol. The average Bonchev–Trinajstić information content (AvgIpc) is 2.99. The van der Waals surface area contributed by atoms with Gasteiger partial charge >= 0.3 is 0 Å². The van der Waals surface area contributed by atoms with Crippen LogP contribution in [0.1, 0.15) is 39.5 Å². The Bertz CT molecular complexity index is 196. The fourth-order valence-corrected chi connectivity index (χ4v) is 2.52. The van der Waals surface area contributed by atoms with E-state index in [4.69, 9.17) is 4.74 Å². The summed E-state index contributed by atoms with van der Waals surface area (Å²) in [4.78, 5) is 2.55. The summed E-state index contributed by atoms with van der Waals surface area (Å²) in [5.74, 6) is 0. The number of nitrogens with one attached hydrogen (secondary N) is 1. The van der Waals surface area contributed by atoms with Gasteiger partial charge in [-0.2, -0.15) is 0 Å². The maximum absolute atomic E-state index is 5.73. The topological polar surface area (TPSA) is 24.5 Å². The third kappa shape index (κ3) is 4.40. The van der Waals surface area contributed by atoms with E-state index in [-0.39, 0.29) is 0 Å². The SMILES string of the molecule is C[C@@H]1CN(CCCCNC2CC2)C[C@H](C)O1. The summed E-state index contributed by atoms with van der Waals surface area (Å²) in [5, 5.41) is 3.57. The molecule has 16 heavy (non-hydrogen) atoms. The highest BCUT2D eigenvalue weighted by molar-refractivity contribution is 4.80. The van der Waals surface area contributed by atoms with E-state index in [2.05, 4.69) is 24.1 Å². The zero-order chi connectivity index (χ0) is 11.4. The third-order valence-electron chi connectivity index (χ3n) is 3.41. The normalized spacial score (nSPS) is 31.9. The standard InChI is InChI=1S/C13H26N2O/c1-11-9-15(10-12(2)16-11)8-4-3-7-14-13-5-6-13/h11-14H,3-10H2,1-2H3/t11-,12+. The molecule has 0 amide bonds. The number of ether oxygens (including phenoxy) is 1. The molecule has 0 bridgehead atoms. The fraction of sp³-hybridized carbons (Fsp3) is 1.00. The van der Waals surface area contributed by atoms with Gasteiger partial charge in [-0.3, -0.25) is 4.90 Å². The van der Waals surface area contributed by atoms with Gasteiger partial charge in [0.05, 0.1) is 12.2 Å². The summed E-state index contributed by atoms with van der Waals surface area (Å²) in [5.41, 5.74) is 0. The predicted molar refractivity (Wildman–Crippen MR) is 66.7 cm³/mol. The van der Waals surface area contributed by atoms with Gasteiger partial charge in [-0.15, -0.1) is 0 Å². The van der Waals surface area contributed by atoms with Crippen molar-refractivity contribution in [1.29, 1.82) is 0 Å². The Balaban J connectivity index is 1.50. The fourth-order valence-electron chi connectivity index (χ4n) is 2.52. The molecule has 1 saturated carbocycles. The first-order valence-corrected chi connectivity index (χ1v) is 6.85. The van der Waals surface area contributed by atoms with Crippen molar-refractivity contribution >= 4 is 0 Å². The van der Waals surface area contributed by atoms with Gasteiger partial charge < -0.3 is 10.1 Å². The Kier molecular flexibility index (Phi) is 4.62. The molecule has 2 rings (SSSR count). The molecule has 0 unspecified atom stereocenters. The summed E-state index contributed by atoms with van der Waals surface area (Å²) in [6.45, 7) is 9.03. The summed E-state index contributed by atoms with van der Waals surface area (Å²) in [7, 11) is 0. The first kappa shape index (κ1) is 12.3. The monoisotopic (exact) mass is 226 g/mol. The molecular formula is C13H26N2O. The predicted octanol–water partition coefficient (Wildman–Crippen LogP) is 1.63. The molecule has 1 heterocycles. The molecule has 3 heteroatoms. The van der Waals surface area contributed by atoms with Crippen LogP contribution < -0.4 is 5.32 Å². The number of hydrogen-bond donors (Lipinski definition) is 1. The summed E-state index contributed by atoms with van der Waals surface area (Å²) >= 11 is 0. The van der Waals surface area contributed by atoms with E-state index >= 15 is 0 Å². The zero-order valence-electron chi connectivity index (χ0n) is 10.7. The second-order valence-electron chi connectivity index (χ2n) is 5.45. The molecule has 1 aliphatic carbocycles. The van der Waals surface area contributed by atoms with Crippen molar-refractivity contribution in [2.75, 3.05) is 26.2 Å². The number of unbranched alkanes of at least 4 members (excludes halogenated alkanes) is 1. The molecule has 0 spiro atoms. The van der Waals surface area contributed by atoms with Crippen LogP contribution in [-0.2, 0) is 4.74 Å². The third-order valence-corrected chi connectivity index (χ3v) is 3.41. The molecule has 2 atom stereocenters. The lowest BCUT2D eigenvalue weighted by Crippen LogP contribution is -2.45. The van der Waals surface area contributed by atoms with Crippen molar-refractivity contribution in [1.82, 2.24) is 10.2 Å². The molecule has 2 aliphatic rings. The molecule has 2 fully saturated rings. The Morgan fingerprint density at radius 3 is 2.44 bits per heavy atom. The minimum absolute atomic E-state index is 0.410. The lowest BCUT2D eigenvalue weighted by Gasteiger charge is -2.35. The van der Waals surface area contributed by atoms with Crippen molar-refractivity contribution in [3.63, 3.8) is 0 Å². The second kappa shape index (κ2) is 5.99. The highest BCUT2D eigenvalue weighted by Crippen LogP contribution is 2.18. The van der Waals surface area contributed by atoms with Gasteiger partial charge in [-0.1, -0.05) is 0 Å². The lowest BCUT2D eigenvalue weighted by molar-refractivity contribution is -0.0681. The van der Waals surface area contributed by atoms with Crippen LogP contribution in [0.2, 0.25) is 0 Å². The van der Waals surface area contributed by atoms with Crippen LogP contribution in [0.3, 0.4) is 0 Å². The van der Waals surface area contributed by atoms with E-state index in [1.807, 2.05) is 0 Å². The Labute approximate surface area is 99.5 Å². The Morgan fingerprint density at radius 1 is 1.12 bits per heavy atom. The molecule has 1 N–H and O–H groups in total. The number of rotatable bonds is 6.